The Hall–Kier alpha value is -5.55. The molecule has 2 amide bonds. The van der Waals surface area contributed by atoms with Crippen molar-refractivity contribution >= 4 is 41.1 Å². The fourth-order valence-electron chi connectivity index (χ4n) is 6.97. The first-order chi connectivity index (χ1) is 26.7. The van der Waals surface area contributed by atoms with E-state index in [1.807, 2.05) is 24.8 Å². The van der Waals surface area contributed by atoms with Crippen molar-refractivity contribution in [2.75, 3.05) is 36.4 Å². The summed E-state index contributed by atoms with van der Waals surface area (Å²) in [6, 6.07) is 8.81. The molecule has 3 aromatic heterocycles. The van der Waals surface area contributed by atoms with Crippen LogP contribution in [0, 0.1) is 6.92 Å². The molecule has 3 aliphatic rings. The van der Waals surface area contributed by atoms with Gasteiger partial charge >= 0.3 is 6.18 Å². The summed E-state index contributed by atoms with van der Waals surface area (Å²) in [5.74, 6) is 0.526. The Morgan fingerprint density at radius 2 is 1.79 bits per heavy atom. The van der Waals surface area contributed by atoms with Crippen molar-refractivity contribution in [3.63, 3.8) is 0 Å². The maximum atomic E-state index is 13.9. The molecule has 0 atom stereocenters. The fraction of sp³-hybridized carbons (Fsp3) is 0.395. The average molecular weight is 796 g/mol. The molecular formula is C38H41ClF3N9O5. The fourth-order valence-corrected chi connectivity index (χ4v) is 7.21. The summed E-state index contributed by atoms with van der Waals surface area (Å²) >= 11 is 5.49. The third kappa shape index (κ3) is 7.65. The zero-order chi connectivity index (χ0) is 40.5. The molecule has 18 heteroatoms. The molecule has 0 spiro atoms. The van der Waals surface area contributed by atoms with Crippen LogP contribution in [0.25, 0.3) is 17.2 Å². The lowest BCUT2D eigenvalue weighted by Crippen LogP contribution is -2.50. The van der Waals surface area contributed by atoms with E-state index in [2.05, 4.69) is 50.9 Å². The van der Waals surface area contributed by atoms with Crippen LogP contribution in [0.4, 0.5) is 24.5 Å². The number of carbonyl (C=O) groups excluding carboxylic acids is 2. The summed E-state index contributed by atoms with van der Waals surface area (Å²) in [5, 5.41) is 17.0. The average Bonchev–Trinajstić information content (AvgIpc) is 3.92. The van der Waals surface area contributed by atoms with Crippen LogP contribution in [0.2, 0.25) is 5.02 Å². The molecule has 2 aromatic carbocycles. The topological polar surface area (TPSA) is 160 Å². The number of anilines is 2. The molecule has 0 saturated carbocycles. The number of aromatic nitrogens is 6. The van der Waals surface area contributed by atoms with E-state index in [1.165, 1.54) is 10.8 Å². The number of halogens is 4. The highest BCUT2D eigenvalue weighted by atomic mass is 35.5. The number of amides is 2. The van der Waals surface area contributed by atoms with Gasteiger partial charge in [0.1, 0.15) is 12.0 Å². The maximum Gasteiger partial charge on any atom is 0.416 e. The molecule has 1 fully saturated rings. The Kier molecular flexibility index (Phi) is 11.4. The minimum absolute atomic E-state index is 0.000145. The molecule has 0 bridgehead atoms. The van der Waals surface area contributed by atoms with Gasteiger partial charge in [-0.15, -0.1) is 5.10 Å². The monoisotopic (exact) mass is 795 g/mol. The van der Waals surface area contributed by atoms with Crippen LogP contribution in [0.5, 0.6) is 5.75 Å². The number of nitrogens with one attached hydrogen (secondary N) is 1. The number of carbonyl (C=O) groups is 2. The highest BCUT2D eigenvalue weighted by Crippen LogP contribution is 2.38. The highest BCUT2D eigenvalue weighted by Gasteiger charge is 2.34. The molecule has 3 aliphatic heterocycles. The molecule has 14 nitrogen and oxygen atoms in total. The van der Waals surface area contributed by atoms with Gasteiger partial charge in [-0.1, -0.05) is 37.6 Å². The first kappa shape index (κ1) is 40.1. The van der Waals surface area contributed by atoms with E-state index in [0.717, 1.165) is 60.0 Å². The van der Waals surface area contributed by atoms with Gasteiger partial charge in [0.25, 0.3) is 11.5 Å². The van der Waals surface area contributed by atoms with Gasteiger partial charge in [-0.2, -0.15) is 22.7 Å². The Bertz CT molecular complexity index is 2350. The van der Waals surface area contributed by atoms with Crippen LogP contribution in [0.15, 0.2) is 47.5 Å². The number of piperazine rings is 1. The maximum absolute atomic E-state index is 13.9. The molecule has 0 radical (unpaired) electrons. The Morgan fingerprint density at radius 1 is 1.05 bits per heavy atom. The lowest BCUT2D eigenvalue weighted by Gasteiger charge is -2.36. The van der Waals surface area contributed by atoms with Gasteiger partial charge in [0.05, 0.1) is 39.9 Å². The molecular weight excluding hydrogens is 755 g/mol. The molecule has 0 unspecified atom stereocenters. The predicted molar refractivity (Wildman–Crippen MR) is 203 cm³/mol. The van der Waals surface area contributed by atoms with Crippen LogP contribution in [0.3, 0.4) is 0 Å². The minimum Gasteiger partial charge on any atom is -0.504 e. The molecule has 1 saturated heterocycles. The van der Waals surface area contributed by atoms with Crippen LogP contribution >= 0.6 is 11.6 Å². The number of hydrogen-bond donors (Lipinski definition) is 2. The summed E-state index contributed by atoms with van der Waals surface area (Å²) in [6.07, 6.45) is -1.11. The third-order valence-corrected chi connectivity index (χ3v) is 10.1. The van der Waals surface area contributed by atoms with Crippen LogP contribution in [-0.2, 0) is 40.9 Å². The largest absolute Gasteiger partial charge is 0.504 e. The summed E-state index contributed by atoms with van der Waals surface area (Å²) in [5.41, 5.74) is 3.85. The number of alkyl halides is 3. The summed E-state index contributed by atoms with van der Waals surface area (Å²) in [7, 11) is 0. The van der Waals surface area contributed by atoms with Crippen molar-refractivity contribution in [1.82, 2.24) is 34.0 Å². The van der Waals surface area contributed by atoms with Gasteiger partial charge in [-0.05, 0) is 69.0 Å². The van der Waals surface area contributed by atoms with E-state index in [1.54, 1.807) is 11.8 Å². The predicted octanol–water partition coefficient (Wildman–Crippen LogP) is 5.99. The summed E-state index contributed by atoms with van der Waals surface area (Å²) in [6.45, 7) is 12.8. The quantitative estimate of drug-likeness (QED) is 0.203. The molecule has 0 aliphatic carbocycles. The second-order valence-corrected chi connectivity index (χ2v) is 14.0. The van der Waals surface area contributed by atoms with Crippen molar-refractivity contribution in [2.24, 2.45) is 0 Å². The smallest absolute Gasteiger partial charge is 0.416 e. The highest BCUT2D eigenvalue weighted by molar-refractivity contribution is 6.33. The number of nitrogens with zero attached hydrogens (tertiary/aromatic N) is 8. The van der Waals surface area contributed by atoms with Gasteiger partial charge in [-0.25, -0.2) is 9.97 Å². The van der Waals surface area contributed by atoms with Crippen molar-refractivity contribution in [3.8, 4) is 17.1 Å². The van der Waals surface area contributed by atoms with Gasteiger partial charge < -0.3 is 29.5 Å². The van der Waals surface area contributed by atoms with Gasteiger partial charge in [0.2, 0.25) is 12.2 Å². The molecule has 6 heterocycles. The van der Waals surface area contributed by atoms with E-state index in [0.29, 0.717) is 62.2 Å². The van der Waals surface area contributed by atoms with Crippen LogP contribution < -0.4 is 15.8 Å². The van der Waals surface area contributed by atoms with E-state index in [9.17, 15) is 32.7 Å². The molecule has 2 N–H and O–H groups in total. The van der Waals surface area contributed by atoms with Crippen molar-refractivity contribution in [2.45, 2.75) is 72.4 Å². The first-order valence-corrected chi connectivity index (χ1v) is 18.5. The Labute approximate surface area is 324 Å². The number of rotatable bonds is 5. The second kappa shape index (κ2) is 15.9. The lowest BCUT2D eigenvalue weighted by atomic mass is 9.94. The van der Waals surface area contributed by atoms with E-state index >= 15 is 0 Å². The van der Waals surface area contributed by atoms with E-state index in [-0.39, 0.29) is 39.2 Å². The molecule has 296 valence electrons. The molecule has 5 aromatic rings. The Balaban J connectivity index is 0.000000281. The van der Waals surface area contributed by atoms with Crippen molar-refractivity contribution in [1.29, 1.82) is 0 Å². The third-order valence-electron chi connectivity index (χ3n) is 9.82. The van der Waals surface area contributed by atoms with Crippen molar-refractivity contribution in [3.05, 3.63) is 91.9 Å². The van der Waals surface area contributed by atoms with Crippen molar-refractivity contribution < 1.29 is 32.6 Å². The number of ether oxygens (including phenoxy) is 1. The molecule has 56 heavy (non-hydrogen) atoms. The van der Waals surface area contributed by atoms with Crippen LogP contribution in [-0.4, -0.2) is 77.6 Å². The molecule has 8 rings (SSSR count). The second-order valence-electron chi connectivity index (χ2n) is 13.6. The number of aryl methyl sites for hydroxylation is 2. The minimum atomic E-state index is -4.43. The summed E-state index contributed by atoms with van der Waals surface area (Å²) in [4.78, 5) is 53.4. The van der Waals surface area contributed by atoms with Gasteiger partial charge in [0, 0.05) is 38.3 Å². The zero-order valence-corrected chi connectivity index (χ0v) is 32.2. The normalized spacial score (nSPS) is 15.7. The van der Waals surface area contributed by atoms with Crippen LogP contribution in [0.1, 0.15) is 72.7 Å². The number of hydrogen-bond acceptors (Lipinski definition) is 10. The van der Waals surface area contributed by atoms with Gasteiger partial charge in [-0.3, -0.25) is 14.4 Å². The SMILES string of the molecule is CC.Cc1ncnc(C(=O)N2CCN(c3c4n(c5nc(-c6ccc7c(c6)COC7(C)C)nn5c3=O)CCC4)CC2)c1O.O=CNc1ccc(C(F)(F)F)cc1Cl. The van der Waals surface area contributed by atoms with E-state index < -0.39 is 11.7 Å². The first-order valence-electron chi connectivity index (χ1n) is 18.1. The summed E-state index contributed by atoms with van der Waals surface area (Å²) < 4.78 is 45.9. The Morgan fingerprint density at radius 3 is 2.46 bits per heavy atom. The van der Waals surface area contributed by atoms with Gasteiger partial charge in [0.15, 0.2) is 17.3 Å². The number of fused-ring (bicyclic) bond motifs is 4. The number of aromatic hydroxyl groups is 1. The zero-order valence-electron chi connectivity index (χ0n) is 31.4. The van der Waals surface area contributed by atoms with E-state index in [4.69, 9.17) is 21.3 Å². The lowest BCUT2D eigenvalue weighted by molar-refractivity contribution is -0.137. The number of benzene rings is 2. The standard InChI is InChI=1S/C28H30N8O4.C8H5ClF3NO.C2H6/c1-16-23(37)21(30-15-29-16)25(38)34-11-9-33(10-12-34)22-20-5-4-8-35(20)27-31-24(32-36(27)26(22)39)17-6-7-19-18(13-17)14-40-28(19,2)3;9-6-3-5(8(10,11)12)1-2-7(6)13-4-14;1-2/h6-7,13,15,37H,4-5,8-12,14H2,1-3H3;1-4H,(H,13,14);1-2H3.